The molecule has 4 rings (SSSR count). The first-order valence-electron chi connectivity index (χ1n) is 9.13. The van der Waals surface area contributed by atoms with E-state index < -0.39 is 0 Å². The van der Waals surface area contributed by atoms with Crippen LogP contribution in [0.15, 0.2) is 109 Å². The normalized spacial score (nSPS) is 11.8. The summed E-state index contributed by atoms with van der Waals surface area (Å²) in [6, 6.07) is 31.3. The van der Waals surface area contributed by atoms with Crippen LogP contribution in [0.3, 0.4) is 0 Å². The summed E-state index contributed by atoms with van der Waals surface area (Å²) in [6.45, 7) is 0. The van der Waals surface area contributed by atoms with Crippen LogP contribution < -0.4 is 4.57 Å². The zero-order valence-corrected chi connectivity index (χ0v) is 16.0. The lowest BCUT2D eigenvalue weighted by Crippen LogP contribution is -2.40. The third-order valence-corrected chi connectivity index (χ3v) is 5.00. The van der Waals surface area contributed by atoms with E-state index in [9.17, 15) is 4.79 Å². The molecule has 1 heterocycles. The standard InChI is InChI=1S/C25H19ClNO/c26-23-13-11-20(12-14-23)24(19-7-3-1-4-8-19)27-17-15-22(16-18-27)25(28)21-9-5-2-6-10-21/h1-18,24H/q+1/t24-/m0/s1. The fourth-order valence-corrected chi connectivity index (χ4v) is 3.46. The van der Waals surface area contributed by atoms with E-state index in [0.717, 1.165) is 11.1 Å². The quantitative estimate of drug-likeness (QED) is 0.329. The van der Waals surface area contributed by atoms with Crippen molar-refractivity contribution in [3.63, 3.8) is 0 Å². The van der Waals surface area contributed by atoms with Gasteiger partial charge < -0.3 is 0 Å². The Labute approximate surface area is 169 Å². The second-order valence-electron chi connectivity index (χ2n) is 6.59. The number of pyridine rings is 1. The largest absolute Gasteiger partial charge is 0.289 e. The average molecular weight is 385 g/mol. The number of hydrogen-bond donors (Lipinski definition) is 0. The van der Waals surface area contributed by atoms with Crippen molar-refractivity contribution in [1.29, 1.82) is 0 Å². The molecule has 0 aliphatic heterocycles. The first-order chi connectivity index (χ1) is 13.7. The molecule has 3 aromatic carbocycles. The molecule has 0 aliphatic rings. The van der Waals surface area contributed by atoms with Crippen molar-refractivity contribution in [1.82, 2.24) is 0 Å². The van der Waals surface area contributed by atoms with E-state index in [1.165, 1.54) is 0 Å². The zero-order chi connectivity index (χ0) is 19.3. The number of carbonyl (C=O) groups excluding carboxylic acids is 1. The SMILES string of the molecule is O=C(c1ccccc1)c1cc[n+]([C@@H](c2ccccc2)c2ccc(Cl)cc2)cc1. The molecule has 3 heteroatoms. The Morgan fingerprint density at radius 2 is 1.14 bits per heavy atom. The fourth-order valence-electron chi connectivity index (χ4n) is 3.33. The van der Waals surface area contributed by atoms with Crippen LogP contribution in [0.4, 0.5) is 0 Å². The maximum absolute atomic E-state index is 12.7. The first kappa shape index (κ1) is 18.1. The van der Waals surface area contributed by atoms with Gasteiger partial charge in [0.1, 0.15) is 0 Å². The van der Waals surface area contributed by atoms with Gasteiger partial charge in [-0.3, -0.25) is 4.79 Å². The lowest BCUT2D eigenvalue weighted by molar-refractivity contribution is -0.704. The lowest BCUT2D eigenvalue weighted by atomic mass is 9.98. The summed E-state index contributed by atoms with van der Waals surface area (Å²) in [4.78, 5) is 12.7. The molecule has 0 N–H and O–H groups in total. The highest BCUT2D eigenvalue weighted by atomic mass is 35.5. The topological polar surface area (TPSA) is 20.9 Å². The van der Waals surface area contributed by atoms with Gasteiger partial charge in [0, 0.05) is 39.4 Å². The van der Waals surface area contributed by atoms with Crippen LogP contribution in [0.5, 0.6) is 0 Å². The van der Waals surface area contributed by atoms with Crippen molar-refractivity contribution in [2.45, 2.75) is 6.04 Å². The Morgan fingerprint density at radius 1 is 0.643 bits per heavy atom. The molecule has 1 aromatic heterocycles. The lowest BCUT2D eigenvalue weighted by Gasteiger charge is -2.14. The third kappa shape index (κ3) is 3.88. The number of halogens is 1. The molecule has 0 bridgehead atoms. The molecule has 0 spiro atoms. The molecule has 0 amide bonds. The highest BCUT2D eigenvalue weighted by Gasteiger charge is 2.23. The van der Waals surface area contributed by atoms with Crippen LogP contribution in [0.2, 0.25) is 5.02 Å². The van der Waals surface area contributed by atoms with Crippen LogP contribution in [0.25, 0.3) is 0 Å². The van der Waals surface area contributed by atoms with Crippen LogP contribution in [-0.2, 0) is 0 Å². The molecule has 0 radical (unpaired) electrons. The minimum atomic E-state index is -0.000607. The number of aromatic nitrogens is 1. The van der Waals surface area contributed by atoms with Gasteiger partial charge in [0.2, 0.25) is 6.04 Å². The van der Waals surface area contributed by atoms with E-state index in [1.54, 1.807) is 0 Å². The predicted octanol–water partition coefficient (Wildman–Crippen LogP) is 5.50. The Bertz CT molecular complexity index is 1060. The second kappa shape index (κ2) is 8.20. The van der Waals surface area contributed by atoms with Crippen LogP contribution in [-0.4, -0.2) is 5.78 Å². The highest BCUT2D eigenvalue weighted by molar-refractivity contribution is 6.30. The number of benzene rings is 3. The predicted molar refractivity (Wildman–Crippen MR) is 112 cm³/mol. The van der Waals surface area contributed by atoms with E-state index in [4.69, 9.17) is 11.6 Å². The summed E-state index contributed by atoms with van der Waals surface area (Å²) in [6.07, 6.45) is 3.92. The van der Waals surface area contributed by atoms with Crippen LogP contribution >= 0.6 is 11.6 Å². The van der Waals surface area contributed by atoms with E-state index in [2.05, 4.69) is 16.7 Å². The number of rotatable bonds is 5. The average Bonchev–Trinajstić information content (AvgIpc) is 2.77. The van der Waals surface area contributed by atoms with E-state index in [1.807, 2.05) is 97.3 Å². The van der Waals surface area contributed by atoms with Gasteiger partial charge in [0.05, 0.1) is 0 Å². The van der Waals surface area contributed by atoms with Gasteiger partial charge in [0.15, 0.2) is 18.2 Å². The van der Waals surface area contributed by atoms with E-state index in [0.29, 0.717) is 16.1 Å². The minimum Gasteiger partial charge on any atom is -0.289 e. The smallest absolute Gasteiger partial charge is 0.208 e. The molecule has 0 fully saturated rings. The molecule has 1 atom stereocenters. The van der Waals surface area contributed by atoms with E-state index in [-0.39, 0.29) is 11.8 Å². The zero-order valence-electron chi connectivity index (χ0n) is 15.2. The van der Waals surface area contributed by atoms with Crippen molar-refractivity contribution in [2.75, 3.05) is 0 Å². The third-order valence-electron chi connectivity index (χ3n) is 4.75. The second-order valence-corrected chi connectivity index (χ2v) is 7.03. The summed E-state index contributed by atoms with van der Waals surface area (Å²) >= 11 is 6.08. The van der Waals surface area contributed by atoms with Crippen molar-refractivity contribution in [3.8, 4) is 0 Å². The molecule has 4 aromatic rings. The molecule has 0 saturated heterocycles. The van der Waals surface area contributed by atoms with Gasteiger partial charge >= 0.3 is 0 Å². The minimum absolute atomic E-state index is 0.000607. The van der Waals surface area contributed by atoms with Gasteiger partial charge in [-0.1, -0.05) is 84.4 Å². The molecule has 0 saturated carbocycles. The van der Waals surface area contributed by atoms with E-state index >= 15 is 0 Å². The summed E-state index contributed by atoms with van der Waals surface area (Å²) in [5.41, 5.74) is 3.66. The number of nitrogens with zero attached hydrogens (tertiary/aromatic N) is 1. The fraction of sp³-hybridized carbons (Fsp3) is 0.0400. The van der Waals surface area contributed by atoms with Crippen LogP contribution in [0, 0.1) is 0 Å². The number of carbonyl (C=O) groups is 1. The van der Waals surface area contributed by atoms with Gasteiger partial charge in [0.25, 0.3) is 0 Å². The summed E-state index contributed by atoms with van der Waals surface area (Å²) in [5, 5.41) is 0.712. The molecule has 0 aliphatic carbocycles. The molecular formula is C25H19ClNO+. The first-order valence-corrected chi connectivity index (χ1v) is 9.51. The number of ketones is 1. The van der Waals surface area contributed by atoms with Crippen molar-refractivity contribution in [2.24, 2.45) is 0 Å². The Kier molecular flexibility index (Phi) is 5.31. The van der Waals surface area contributed by atoms with Crippen molar-refractivity contribution < 1.29 is 9.36 Å². The Balaban J connectivity index is 1.71. The Hall–Kier alpha value is -3.23. The summed E-state index contributed by atoms with van der Waals surface area (Å²) < 4.78 is 2.11. The van der Waals surface area contributed by atoms with Gasteiger partial charge in [-0.2, -0.15) is 4.57 Å². The van der Waals surface area contributed by atoms with Crippen LogP contribution in [0.1, 0.15) is 33.1 Å². The summed E-state index contributed by atoms with van der Waals surface area (Å²) in [7, 11) is 0. The molecule has 2 nitrogen and oxygen atoms in total. The summed E-state index contributed by atoms with van der Waals surface area (Å²) in [5.74, 6) is 0.0236. The molecule has 28 heavy (non-hydrogen) atoms. The van der Waals surface area contributed by atoms with Gasteiger partial charge in [-0.25, -0.2) is 0 Å². The van der Waals surface area contributed by atoms with Gasteiger partial charge in [-0.15, -0.1) is 0 Å². The maximum Gasteiger partial charge on any atom is 0.208 e. The molecular weight excluding hydrogens is 366 g/mol. The maximum atomic E-state index is 12.7. The number of hydrogen-bond acceptors (Lipinski definition) is 1. The highest BCUT2D eigenvalue weighted by Crippen LogP contribution is 2.23. The van der Waals surface area contributed by atoms with Crippen molar-refractivity contribution in [3.05, 3.63) is 137 Å². The van der Waals surface area contributed by atoms with Crippen molar-refractivity contribution >= 4 is 17.4 Å². The molecule has 136 valence electrons. The molecule has 0 unspecified atom stereocenters. The van der Waals surface area contributed by atoms with Gasteiger partial charge in [-0.05, 0) is 12.1 Å². The monoisotopic (exact) mass is 384 g/mol. The Morgan fingerprint density at radius 3 is 1.75 bits per heavy atom.